The fourth-order valence-electron chi connectivity index (χ4n) is 5.19. The number of benzene rings is 2. The fraction of sp³-hybridized carbons (Fsp3) is 0.485. The van der Waals surface area contributed by atoms with Crippen LogP contribution in [0.5, 0.6) is 5.75 Å². The molecule has 1 unspecified atom stereocenters. The van der Waals surface area contributed by atoms with Gasteiger partial charge in [0.1, 0.15) is 17.9 Å². The van der Waals surface area contributed by atoms with Crippen molar-refractivity contribution < 1.29 is 38.4 Å². The third-order valence-electron chi connectivity index (χ3n) is 7.97. The van der Waals surface area contributed by atoms with E-state index in [0.717, 1.165) is 5.56 Å². The van der Waals surface area contributed by atoms with Gasteiger partial charge < -0.3 is 34.7 Å². The van der Waals surface area contributed by atoms with Crippen molar-refractivity contribution in [3.05, 3.63) is 76.8 Å². The maximum absolute atomic E-state index is 13.2. The van der Waals surface area contributed by atoms with E-state index in [1.165, 1.54) is 13.2 Å². The van der Waals surface area contributed by atoms with E-state index in [0.29, 0.717) is 22.8 Å². The van der Waals surface area contributed by atoms with Gasteiger partial charge in [0.15, 0.2) is 12.4 Å². The highest BCUT2D eigenvalue weighted by Gasteiger charge is 2.47. The molecule has 2 aromatic rings. The highest BCUT2D eigenvalue weighted by Crippen LogP contribution is 2.45. The van der Waals surface area contributed by atoms with E-state index in [-0.39, 0.29) is 37.5 Å². The van der Waals surface area contributed by atoms with Gasteiger partial charge in [-0.05, 0) is 42.2 Å². The van der Waals surface area contributed by atoms with E-state index in [2.05, 4.69) is 10.6 Å². The average molecular weight is 629 g/mol. The molecule has 2 amide bonds. The summed E-state index contributed by atoms with van der Waals surface area (Å²) >= 11 is 6.29. The molecule has 10 nitrogen and oxygen atoms in total. The van der Waals surface area contributed by atoms with Crippen LogP contribution in [0, 0.1) is 11.8 Å². The number of aliphatic hydroxyl groups excluding tert-OH is 1. The Hall–Kier alpha value is -3.44. The molecule has 2 aliphatic rings. The summed E-state index contributed by atoms with van der Waals surface area (Å²) in [4.78, 5) is 39.2. The zero-order valence-corrected chi connectivity index (χ0v) is 26.2. The summed E-state index contributed by atoms with van der Waals surface area (Å²) in [6.45, 7) is 5.33. The predicted molar refractivity (Wildman–Crippen MR) is 164 cm³/mol. The first kappa shape index (κ1) is 33.5. The minimum absolute atomic E-state index is 0.0316. The smallest absolute Gasteiger partial charge is 0.310 e. The molecular formula is C33H41ClN2O8. The number of esters is 1. The number of carbonyl (C=O) groups is 3. The van der Waals surface area contributed by atoms with Gasteiger partial charge in [0.2, 0.25) is 11.8 Å². The Balaban J connectivity index is 1.55. The van der Waals surface area contributed by atoms with Gasteiger partial charge in [-0.25, -0.2) is 0 Å². The van der Waals surface area contributed by atoms with Crippen LogP contribution in [0.2, 0.25) is 5.02 Å². The van der Waals surface area contributed by atoms with Crippen molar-refractivity contribution in [2.75, 3.05) is 13.7 Å². The van der Waals surface area contributed by atoms with Crippen molar-refractivity contribution in [2.45, 2.75) is 76.8 Å². The molecule has 0 radical (unpaired) electrons. The minimum atomic E-state index is -1.40. The Morgan fingerprint density at radius 3 is 2.55 bits per heavy atom. The van der Waals surface area contributed by atoms with Crippen LogP contribution < -0.4 is 15.4 Å². The highest BCUT2D eigenvalue weighted by molar-refractivity contribution is 6.32. The normalized spacial score (nSPS) is 30.0. The van der Waals surface area contributed by atoms with Crippen LogP contribution in [-0.2, 0) is 35.0 Å². The number of ether oxygens (including phenoxy) is 4. The number of hydrogen-bond donors (Lipinski definition) is 3. The number of epoxide rings is 1. The predicted octanol–water partition coefficient (Wildman–Crippen LogP) is 3.89. The van der Waals surface area contributed by atoms with Crippen molar-refractivity contribution in [3.8, 4) is 5.75 Å². The lowest BCUT2D eigenvalue weighted by molar-refractivity contribution is -0.214. The Morgan fingerprint density at radius 1 is 1.11 bits per heavy atom. The van der Waals surface area contributed by atoms with Crippen molar-refractivity contribution in [2.24, 2.45) is 11.8 Å². The molecule has 11 heteroatoms. The quantitative estimate of drug-likeness (QED) is 0.310. The van der Waals surface area contributed by atoms with Crippen LogP contribution in [0.15, 0.2) is 60.7 Å². The molecule has 2 heterocycles. The third-order valence-corrected chi connectivity index (χ3v) is 8.27. The number of carbonyl (C=O) groups excluding carboxylic acids is 3. The number of rotatable bonds is 7. The van der Waals surface area contributed by atoms with Crippen LogP contribution in [0.3, 0.4) is 0 Å². The lowest BCUT2D eigenvalue weighted by atomic mass is 9.93. The number of cyclic esters (lactones) is 1. The molecule has 1 fully saturated rings. The molecule has 4 rings (SSSR count). The van der Waals surface area contributed by atoms with Gasteiger partial charge in [-0.2, -0.15) is 0 Å². The van der Waals surface area contributed by atoms with Crippen LogP contribution in [0.25, 0.3) is 0 Å². The van der Waals surface area contributed by atoms with E-state index in [4.69, 9.17) is 30.5 Å². The average Bonchev–Trinajstić information content (AvgIpc) is 3.82. The van der Waals surface area contributed by atoms with Gasteiger partial charge >= 0.3 is 5.97 Å². The lowest BCUT2D eigenvalue weighted by Gasteiger charge is -2.30. The summed E-state index contributed by atoms with van der Waals surface area (Å²) in [5, 5.41) is 16.8. The molecule has 8 atom stereocenters. The fourth-order valence-corrected chi connectivity index (χ4v) is 5.47. The summed E-state index contributed by atoms with van der Waals surface area (Å²) < 4.78 is 22.9. The molecule has 3 N–H and O–H groups in total. The monoisotopic (exact) mass is 628 g/mol. The maximum Gasteiger partial charge on any atom is 0.310 e. The summed E-state index contributed by atoms with van der Waals surface area (Å²) in [7, 11) is 1.51. The van der Waals surface area contributed by atoms with Crippen LogP contribution in [0.1, 0.15) is 50.8 Å². The van der Waals surface area contributed by atoms with Crippen molar-refractivity contribution in [3.63, 3.8) is 0 Å². The SMILES string of the molecule is CC[C@@H]1OC(=O)[C@H](C)CNC(=O)[C@@H](Cc2ccc(OC)c(Cl)c2)NC(=O)/C=C/C[C@@H]([C@H](C)[C@H]2O[C@@H]2c2ccccc2)OC1O. The minimum Gasteiger partial charge on any atom is -0.495 e. The molecule has 0 aromatic heterocycles. The molecule has 238 valence electrons. The summed E-state index contributed by atoms with van der Waals surface area (Å²) in [6.07, 6.45) is 0.570. The number of methoxy groups -OCH3 is 1. The van der Waals surface area contributed by atoms with Crippen molar-refractivity contribution in [1.82, 2.24) is 10.6 Å². The Bertz CT molecular complexity index is 1320. The van der Waals surface area contributed by atoms with Gasteiger partial charge in [0, 0.05) is 18.9 Å². The summed E-state index contributed by atoms with van der Waals surface area (Å²) in [6, 6.07) is 14.0. The number of halogens is 1. The third kappa shape index (κ3) is 8.81. The van der Waals surface area contributed by atoms with Crippen LogP contribution in [-0.4, -0.2) is 67.2 Å². The molecule has 2 aromatic carbocycles. The van der Waals surface area contributed by atoms with Gasteiger partial charge in [0.25, 0.3) is 0 Å². The molecule has 0 aliphatic carbocycles. The first-order valence-corrected chi connectivity index (χ1v) is 15.3. The van der Waals surface area contributed by atoms with Crippen LogP contribution >= 0.6 is 11.6 Å². The highest BCUT2D eigenvalue weighted by atomic mass is 35.5. The molecule has 0 saturated carbocycles. The van der Waals surface area contributed by atoms with Gasteiger partial charge in [-0.15, -0.1) is 0 Å². The molecular weight excluding hydrogens is 588 g/mol. The number of hydrogen-bond acceptors (Lipinski definition) is 8. The molecule has 0 spiro atoms. The van der Waals surface area contributed by atoms with E-state index >= 15 is 0 Å². The summed E-state index contributed by atoms with van der Waals surface area (Å²) in [5.41, 5.74) is 1.76. The number of aliphatic hydroxyl groups is 1. The first-order chi connectivity index (χ1) is 21.1. The zero-order chi connectivity index (χ0) is 31.8. The van der Waals surface area contributed by atoms with E-state index < -0.39 is 48.2 Å². The lowest BCUT2D eigenvalue weighted by Crippen LogP contribution is -2.49. The van der Waals surface area contributed by atoms with Gasteiger partial charge in [-0.1, -0.05) is 74.8 Å². The Morgan fingerprint density at radius 2 is 1.86 bits per heavy atom. The second-order valence-electron chi connectivity index (χ2n) is 11.3. The first-order valence-electron chi connectivity index (χ1n) is 14.9. The van der Waals surface area contributed by atoms with E-state index in [1.807, 2.05) is 37.3 Å². The second-order valence-corrected chi connectivity index (χ2v) is 11.7. The molecule has 44 heavy (non-hydrogen) atoms. The summed E-state index contributed by atoms with van der Waals surface area (Å²) in [5.74, 6) is -1.94. The molecule has 1 saturated heterocycles. The van der Waals surface area contributed by atoms with Crippen LogP contribution in [0.4, 0.5) is 0 Å². The van der Waals surface area contributed by atoms with Crippen molar-refractivity contribution in [1.29, 1.82) is 0 Å². The standard InChI is InChI=1S/C33H41ClN2O8/c1-5-25-33(40)43-26(20(3)29-30(44-29)22-10-7-6-8-11-22)12-9-13-28(37)36-24(31(38)35-18-19(2)32(39)42-25)17-21-14-15-27(41-4)23(34)16-21/h6-11,13-16,19-20,24-26,29-30,33,40H,5,12,17-18H2,1-4H3,(H,35,38)(H,36,37)/b13-9+/t19-,20+,24-,25+,26+,29-,30-,33?/m1/s1. The number of amides is 2. The molecule has 2 aliphatic heterocycles. The number of nitrogens with one attached hydrogen (secondary N) is 2. The Labute approximate surface area is 263 Å². The molecule has 0 bridgehead atoms. The van der Waals surface area contributed by atoms with E-state index in [1.54, 1.807) is 38.1 Å². The zero-order valence-electron chi connectivity index (χ0n) is 25.4. The second kappa shape index (κ2) is 15.5. The largest absolute Gasteiger partial charge is 0.495 e. The topological polar surface area (TPSA) is 136 Å². The Kier molecular flexibility index (Phi) is 11.8. The maximum atomic E-state index is 13.2. The van der Waals surface area contributed by atoms with E-state index in [9.17, 15) is 19.5 Å². The van der Waals surface area contributed by atoms with Gasteiger partial charge in [0.05, 0.1) is 30.3 Å². The van der Waals surface area contributed by atoms with Gasteiger partial charge in [-0.3, -0.25) is 14.4 Å². The van der Waals surface area contributed by atoms with Crippen molar-refractivity contribution >= 4 is 29.4 Å².